The van der Waals surface area contributed by atoms with Crippen LogP contribution in [0.15, 0.2) is 30.3 Å². The SMILES string of the molecule is CC1C(c2ccccc2)OC(C(C)(C)C)N1C. The van der Waals surface area contributed by atoms with Crippen molar-refractivity contribution in [1.82, 2.24) is 4.90 Å². The third-order valence-corrected chi connectivity index (χ3v) is 3.59. The maximum atomic E-state index is 6.26. The molecule has 1 aromatic carbocycles. The summed E-state index contributed by atoms with van der Waals surface area (Å²) in [5.74, 6) is 0. The molecule has 0 aromatic heterocycles. The van der Waals surface area contributed by atoms with Crippen LogP contribution in [0.1, 0.15) is 39.4 Å². The van der Waals surface area contributed by atoms with E-state index in [0.717, 1.165) is 0 Å². The lowest BCUT2D eigenvalue weighted by Gasteiger charge is -2.32. The summed E-state index contributed by atoms with van der Waals surface area (Å²) < 4.78 is 6.26. The van der Waals surface area contributed by atoms with Gasteiger partial charge < -0.3 is 4.74 Å². The number of benzene rings is 1. The number of hydrogen-bond donors (Lipinski definition) is 0. The predicted molar refractivity (Wildman–Crippen MR) is 70.7 cm³/mol. The van der Waals surface area contributed by atoms with Crippen molar-refractivity contribution in [3.8, 4) is 0 Å². The molecule has 0 N–H and O–H groups in total. The van der Waals surface area contributed by atoms with E-state index in [1.54, 1.807) is 0 Å². The highest BCUT2D eigenvalue weighted by Gasteiger charge is 2.43. The summed E-state index contributed by atoms with van der Waals surface area (Å²) in [5, 5.41) is 0. The molecule has 2 heteroatoms. The monoisotopic (exact) mass is 233 g/mol. The lowest BCUT2D eigenvalue weighted by molar-refractivity contribution is -0.0621. The van der Waals surface area contributed by atoms with Gasteiger partial charge in [-0.05, 0) is 19.5 Å². The minimum atomic E-state index is 0.145. The second-order valence-electron chi connectivity index (χ2n) is 6.09. The first-order chi connectivity index (χ1) is 7.91. The van der Waals surface area contributed by atoms with Crippen molar-refractivity contribution in [3.05, 3.63) is 35.9 Å². The van der Waals surface area contributed by atoms with E-state index in [1.807, 2.05) is 6.07 Å². The van der Waals surface area contributed by atoms with E-state index in [2.05, 4.69) is 63.9 Å². The van der Waals surface area contributed by atoms with E-state index in [-0.39, 0.29) is 17.7 Å². The van der Waals surface area contributed by atoms with Crippen LogP contribution in [-0.4, -0.2) is 24.2 Å². The van der Waals surface area contributed by atoms with Crippen LogP contribution in [0.2, 0.25) is 0 Å². The van der Waals surface area contributed by atoms with Crippen LogP contribution in [0, 0.1) is 5.41 Å². The lowest BCUT2D eigenvalue weighted by atomic mass is 9.93. The molecule has 17 heavy (non-hydrogen) atoms. The molecule has 0 amide bonds. The molecule has 0 bridgehead atoms. The Labute approximate surface area is 105 Å². The Bertz CT molecular complexity index is 368. The standard InChI is InChI=1S/C15H23NO/c1-11-13(12-9-7-6-8-10-12)17-14(16(11)5)15(2,3)4/h6-11,13-14H,1-5H3. The number of ether oxygens (including phenoxy) is 1. The van der Waals surface area contributed by atoms with Crippen molar-refractivity contribution in [3.63, 3.8) is 0 Å². The van der Waals surface area contributed by atoms with Crippen LogP contribution in [0.3, 0.4) is 0 Å². The molecule has 1 aromatic rings. The molecular formula is C15H23NO. The minimum Gasteiger partial charge on any atom is -0.353 e. The summed E-state index contributed by atoms with van der Waals surface area (Å²) in [7, 11) is 2.16. The molecule has 0 radical (unpaired) electrons. The van der Waals surface area contributed by atoms with E-state index < -0.39 is 0 Å². The Hall–Kier alpha value is -0.860. The normalized spacial score (nSPS) is 30.8. The number of likely N-dealkylation sites (N-methyl/N-ethyl adjacent to an activating group) is 1. The Morgan fingerprint density at radius 2 is 1.71 bits per heavy atom. The summed E-state index contributed by atoms with van der Waals surface area (Å²) in [5.41, 5.74) is 1.42. The summed E-state index contributed by atoms with van der Waals surface area (Å²) in [6, 6.07) is 10.9. The summed E-state index contributed by atoms with van der Waals surface area (Å²) in [6.07, 6.45) is 0.369. The molecule has 3 atom stereocenters. The van der Waals surface area contributed by atoms with Crippen molar-refractivity contribution in [2.24, 2.45) is 5.41 Å². The maximum Gasteiger partial charge on any atom is 0.116 e. The highest BCUT2D eigenvalue weighted by atomic mass is 16.5. The van der Waals surface area contributed by atoms with Crippen LogP contribution in [0.4, 0.5) is 0 Å². The third-order valence-electron chi connectivity index (χ3n) is 3.59. The lowest BCUT2D eigenvalue weighted by Crippen LogP contribution is -2.40. The Kier molecular flexibility index (Phi) is 3.28. The zero-order valence-electron chi connectivity index (χ0n) is 11.5. The molecule has 1 aliphatic heterocycles. The second-order valence-corrected chi connectivity index (χ2v) is 6.09. The van der Waals surface area contributed by atoms with Gasteiger partial charge in [-0.25, -0.2) is 0 Å². The molecule has 3 unspecified atom stereocenters. The first-order valence-electron chi connectivity index (χ1n) is 6.33. The second kappa shape index (κ2) is 4.43. The van der Waals surface area contributed by atoms with Crippen LogP contribution in [0.25, 0.3) is 0 Å². The molecule has 2 rings (SSSR count). The van der Waals surface area contributed by atoms with Gasteiger partial charge in [0.15, 0.2) is 0 Å². The van der Waals surface area contributed by atoms with E-state index in [9.17, 15) is 0 Å². The quantitative estimate of drug-likeness (QED) is 0.736. The van der Waals surface area contributed by atoms with Gasteiger partial charge >= 0.3 is 0 Å². The molecule has 0 saturated carbocycles. The Morgan fingerprint density at radius 3 is 2.18 bits per heavy atom. The summed E-state index contributed by atoms with van der Waals surface area (Å²) in [4.78, 5) is 2.34. The van der Waals surface area contributed by atoms with Gasteiger partial charge in [-0.2, -0.15) is 0 Å². The van der Waals surface area contributed by atoms with Crippen LogP contribution < -0.4 is 0 Å². The van der Waals surface area contributed by atoms with Crippen molar-refractivity contribution in [2.45, 2.75) is 46.1 Å². The van der Waals surface area contributed by atoms with E-state index >= 15 is 0 Å². The maximum absolute atomic E-state index is 6.26. The highest BCUT2D eigenvalue weighted by molar-refractivity contribution is 5.20. The van der Waals surface area contributed by atoms with Crippen molar-refractivity contribution < 1.29 is 4.74 Å². The molecule has 1 heterocycles. The predicted octanol–water partition coefficient (Wildman–Crippen LogP) is 3.45. The van der Waals surface area contributed by atoms with Crippen LogP contribution in [0.5, 0.6) is 0 Å². The van der Waals surface area contributed by atoms with E-state index in [1.165, 1.54) is 5.56 Å². The molecule has 1 saturated heterocycles. The fourth-order valence-electron chi connectivity index (χ4n) is 2.59. The average Bonchev–Trinajstić information content (AvgIpc) is 2.57. The summed E-state index contributed by atoms with van der Waals surface area (Å²) >= 11 is 0. The zero-order valence-corrected chi connectivity index (χ0v) is 11.5. The van der Waals surface area contributed by atoms with Crippen LogP contribution in [-0.2, 0) is 4.74 Å². The Morgan fingerprint density at radius 1 is 1.12 bits per heavy atom. The number of hydrogen-bond acceptors (Lipinski definition) is 2. The van der Waals surface area contributed by atoms with E-state index in [0.29, 0.717) is 6.04 Å². The highest BCUT2D eigenvalue weighted by Crippen LogP contribution is 2.40. The minimum absolute atomic E-state index is 0.145. The van der Waals surface area contributed by atoms with Gasteiger partial charge in [0.25, 0.3) is 0 Å². The van der Waals surface area contributed by atoms with Crippen molar-refractivity contribution in [2.75, 3.05) is 7.05 Å². The van der Waals surface area contributed by atoms with Gasteiger partial charge in [0.2, 0.25) is 0 Å². The van der Waals surface area contributed by atoms with E-state index in [4.69, 9.17) is 4.74 Å². The van der Waals surface area contributed by atoms with Gasteiger partial charge in [-0.1, -0.05) is 51.1 Å². The molecular weight excluding hydrogens is 210 g/mol. The van der Waals surface area contributed by atoms with Gasteiger partial charge in [0, 0.05) is 11.5 Å². The molecule has 1 fully saturated rings. The fourth-order valence-corrected chi connectivity index (χ4v) is 2.59. The van der Waals surface area contributed by atoms with Crippen LogP contribution >= 0.6 is 0 Å². The molecule has 0 aliphatic carbocycles. The Balaban J connectivity index is 2.23. The smallest absolute Gasteiger partial charge is 0.116 e. The first kappa shape index (κ1) is 12.6. The van der Waals surface area contributed by atoms with Crippen molar-refractivity contribution in [1.29, 1.82) is 0 Å². The molecule has 94 valence electrons. The fraction of sp³-hybridized carbons (Fsp3) is 0.600. The molecule has 2 nitrogen and oxygen atoms in total. The van der Waals surface area contributed by atoms with Gasteiger partial charge in [0.1, 0.15) is 6.23 Å². The largest absolute Gasteiger partial charge is 0.353 e. The molecule has 0 spiro atoms. The third kappa shape index (κ3) is 2.38. The molecule has 1 aliphatic rings. The van der Waals surface area contributed by atoms with Crippen molar-refractivity contribution >= 4 is 0 Å². The van der Waals surface area contributed by atoms with Gasteiger partial charge in [-0.15, -0.1) is 0 Å². The summed E-state index contributed by atoms with van der Waals surface area (Å²) in [6.45, 7) is 8.93. The van der Waals surface area contributed by atoms with Gasteiger partial charge in [0.05, 0.1) is 6.10 Å². The zero-order chi connectivity index (χ0) is 12.6. The topological polar surface area (TPSA) is 12.5 Å². The first-order valence-corrected chi connectivity index (χ1v) is 6.33. The van der Waals surface area contributed by atoms with Gasteiger partial charge in [-0.3, -0.25) is 4.90 Å². The average molecular weight is 233 g/mol. The number of nitrogens with zero attached hydrogens (tertiary/aromatic N) is 1. The number of rotatable bonds is 1.